The van der Waals surface area contributed by atoms with E-state index in [0.717, 1.165) is 40.7 Å². The van der Waals surface area contributed by atoms with E-state index in [2.05, 4.69) is 25.3 Å². The summed E-state index contributed by atoms with van der Waals surface area (Å²) in [4.78, 5) is 23.8. The first-order valence-electron chi connectivity index (χ1n) is 10.8. The zero-order valence-corrected chi connectivity index (χ0v) is 19.1. The molecule has 4 rings (SSSR count). The molecule has 3 heterocycles. The highest BCUT2D eigenvalue weighted by molar-refractivity contribution is 5.98. The molecule has 0 saturated carbocycles. The molecule has 8 heteroatoms. The van der Waals surface area contributed by atoms with Crippen molar-refractivity contribution in [3.05, 3.63) is 71.9 Å². The predicted molar refractivity (Wildman–Crippen MR) is 129 cm³/mol. The number of hydrogen-bond donors (Lipinski definition) is 2. The summed E-state index contributed by atoms with van der Waals surface area (Å²) in [5.74, 6) is 0.681. The van der Waals surface area contributed by atoms with Gasteiger partial charge in [0.2, 0.25) is 0 Å². The Morgan fingerprint density at radius 1 is 1.09 bits per heavy atom. The Morgan fingerprint density at radius 2 is 1.94 bits per heavy atom. The molecular weight excluding hydrogens is 416 g/mol. The summed E-state index contributed by atoms with van der Waals surface area (Å²) in [5.41, 5.74) is 3.92. The second kappa shape index (κ2) is 9.89. The highest BCUT2D eigenvalue weighted by Crippen LogP contribution is 2.27. The molecule has 3 aromatic heterocycles. The molecule has 0 fully saturated rings. The van der Waals surface area contributed by atoms with Crippen LogP contribution in [0.25, 0.3) is 21.9 Å². The maximum Gasteiger partial charge on any atom is 0.169 e. The first-order chi connectivity index (χ1) is 15.9. The minimum atomic E-state index is -0.0854. The lowest BCUT2D eigenvalue weighted by atomic mass is 10.0. The number of ketones is 1. The van der Waals surface area contributed by atoms with Gasteiger partial charge in [-0.2, -0.15) is 5.10 Å². The van der Waals surface area contributed by atoms with Gasteiger partial charge in [-0.05, 0) is 49.3 Å². The summed E-state index contributed by atoms with van der Waals surface area (Å²) in [6.07, 6.45) is 5.40. The van der Waals surface area contributed by atoms with Crippen LogP contribution in [0.15, 0.2) is 55.0 Å². The van der Waals surface area contributed by atoms with Crippen LogP contribution in [0.2, 0.25) is 0 Å². The van der Waals surface area contributed by atoms with Crippen molar-refractivity contribution < 1.29 is 9.90 Å². The molecule has 33 heavy (non-hydrogen) atoms. The molecule has 0 spiro atoms. The number of Topliss-reactive ketones (excluding diaryl/α,β-unsaturated/α-hetero) is 1. The fraction of sp³-hybridized carbons (Fsp3) is 0.280. The van der Waals surface area contributed by atoms with Gasteiger partial charge in [0.1, 0.15) is 5.82 Å². The molecule has 0 bridgehead atoms. The number of nitrogens with zero attached hydrogens (tertiary/aromatic N) is 5. The van der Waals surface area contributed by atoms with Crippen molar-refractivity contribution in [2.24, 2.45) is 7.05 Å². The molecule has 170 valence electrons. The van der Waals surface area contributed by atoms with Crippen molar-refractivity contribution in [3.63, 3.8) is 0 Å². The lowest BCUT2D eigenvalue weighted by molar-refractivity contribution is 0.0992. The van der Waals surface area contributed by atoms with Crippen molar-refractivity contribution in [1.82, 2.24) is 24.6 Å². The van der Waals surface area contributed by atoms with E-state index in [1.54, 1.807) is 35.4 Å². The van der Waals surface area contributed by atoms with Crippen LogP contribution < -0.4 is 5.32 Å². The normalized spacial score (nSPS) is 11.3. The molecule has 0 amide bonds. The molecule has 0 aliphatic rings. The van der Waals surface area contributed by atoms with Gasteiger partial charge in [0.05, 0.1) is 24.9 Å². The Labute approximate surface area is 192 Å². The number of hydrogen-bond acceptors (Lipinski definition) is 7. The molecule has 0 aliphatic heterocycles. The summed E-state index contributed by atoms with van der Waals surface area (Å²) in [7, 11) is 5.83. The van der Waals surface area contributed by atoms with Crippen LogP contribution in [0.3, 0.4) is 0 Å². The van der Waals surface area contributed by atoms with Gasteiger partial charge in [0.15, 0.2) is 5.78 Å². The maximum absolute atomic E-state index is 12.9. The number of aryl methyl sites for hydroxylation is 1. The Bertz CT molecular complexity index is 1280. The Kier molecular flexibility index (Phi) is 6.76. The van der Waals surface area contributed by atoms with E-state index in [1.807, 2.05) is 45.4 Å². The quantitative estimate of drug-likeness (QED) is 0.383. The van der Waals surface area contributed by atoms with Gasteiger partial charge < -0.3 is 15.3 Å². The maximum atomic E-state index is 12.9. The van der Waals surface area contributed by atoms with E-state index in [9.17, 15) is 9.90 Å². The zero-order chi connectivity index (χ0) is 23.4. The number of pyridine rings is 2. The van der Waals surface area contributed by atoms with Crippen LogP contribution in [0.5, 0.6) is 0 Å². The number of rotatable bonds is 9. The number of aliphatic hydroxyl groups is 1. The van der Waals surface area contributed by atoms with E-state index in [0.29, 0.717) is 17.1 Å². The average Bonchev–Trinajstić information content (AvgIpc) is 3.19. The van der Waals surface area contributed by atoms with E-state index >= 15 is 0 Å². The number of carbonyl (C=O) groups excluding carboxylic acids is 1. The van der Waals surface area contributed by atoms with Gasteiger partial charge >= 0.3 is 0 Å². The number of benzene rings is 1. The summed E-state index contributed by atoms with van der Waals surface area (Å²) in [5, 5.41) is 19.2. The number of nitrogens with one attached hydrogen (secondary N) is 1. The molecule has 0 saturated heterocycles. The van der Waals surface area contributed by atoms with Gasteiger partial charge in [-0.3, -0.25) is 14.5 Å². The molecule has 0 aliphatic carbocycles. The van der Waals surface area contributed by atoms with Crippen molar-refractivity contribution >= 4 is 22.4 Å². The summed E-state index contributed by atoms with van der Waals surface area (Å²) < 4.78 is 1.68. The topological polar surface area (TPSA) is 96.2 Å². The van der Waals surface area contributed by atoms with Crippen LogP contribution >= 0.6 is 0 Å². The second-order valence-corrected chi connectivity index (χ2v) is 8.28. The van der Waals surface area contributed by atoms with E-state index in [-0.39, 0.29) is 18.8 Å². The number of aliphatic hydroxyl groups excluding tert-OH is 1. The monoisotopic (exact) mass is 444 g/mol. The van der Waals surface area contributed by atoms with Gasteiger partial charge in [-0.1, -0.05) is 12.1 Å². The predicted octanol–water partition coefficient (Wildman–Crippen LogP) is 2.92. The Morgan fingerprint density at radius 3 is 2.73 bits per heavy atom. The highest BCUT2D eigenvalue weighted by Gasteiger charge is 2.13. The van der Waals surface area contributed by atoms with Crippen LogP contribution in [0.1, 0.15) is 21.7 Å². The summed E-state index contributed by atoms with van der Waals surface area (Å²) in [6, 6.07) is 11.5. The van der Waals surface area contributed by atoms with Crippen LogP contribution in [0, 0.1) is 0 Å². The molecular formula is C25H28N6O2. The summed E-state index contributed by atoms with van der Waals surface area (Å²) in [6.45, 7) is 1.54. The smallest absolute Gasteiger partial charge is 0.169 e. The number of anilines is 1. The molecule has 4 aromatic rings. The van der Waals surface area contributed by atoms with E-state index in [1.165, 1.54) is 0 Å². The Hall–Kier alpha value is -3.62. The van der Waals surface area contributed by atoms with Crippen molar-refractivity contribution in [3.8, 4) is 11.1 Å². The van der Waals surface area contributed by atoms with Gasteiger partial charge in [0.25, 0.3) is 0 Å². The van der Waals surface area contributed by atoms with Crippen molar-refractivity contribution in [1.29, 1.82) is 0 Å². The fourth-order valence-electron chi connectivity index (χ4n) is 3.72. The summed E-state index contributed by atoms with van der Waals surface area (Å²) >= 11 is 0. The minimum absolute atomic E-state index is 0.00843. The molecule has 0 unspecified atom stereocenters. The molecule has 8 nitrogen and oxygen atoms in total. The fourth-order valence-corrected chi connectivity index (χ4v) is 3.72. The molecule has 2 N–H and O–H groups in total. The van der Waals surface area contributed by atoms with E-state index < -0.39 is 0 Å². The lowest BCUT2D eigenvalue weighted by Crippen LogP contribution is -2.21. The number of carbonyl (C=O) groups is 1. The SMILES string of the molecule is CN(C)CCNc1cc(C(=O)Cc2cc3cc(-c4cnn(C)c4CO)ccc3cn2)ccn1. The molecule has 1 aromatic carbocycles. The third kappa shape index (κ3) is 5.24. The van der Waals surface area contributed by atoms with Crippen LogP contribution in [-0.2, 0) is 20.1 Å². The van der Waals surface area contributed by atoms with Gasteiger partial charge in [0, 0.05) is 54.7 Å². The molecule has 0 radical (unpaired) electrons. The largest absolute Gasteiger partial charge is 0.390 e. The number of aromatic nitrogens is 4. The third-order valence-corrected chi connectivity index (χ3v) is 5.59. The van der Waals surface area contributed by atoms with E-state index in [4.69, 9.17) is 0 Å². The van der Waals surface area contributed by atoms with Crippen LogP contribution in [-0.4, -0.2) is 62.7 Å². The highest BCUT2D eigenvalue weighted by atomic mass is 16.3. The number of likely N-dealkylation sites (N-methyl/N-ethyl adjacent to an activating group) is 1. The first kappa shape index (κ1) is 22.6. The van der Waals surface area contributed by atoms with Gasteiger partial charge in [-0.25, -0.2) is 4.98 Å². The standard InChI is InChI=1S/C25H28N6O2/c1-30(2)9-8-27-25-12-18(6-7-26-25)24(33)13-21-11-20-10-17(4-5-19(20)14-28-21)22-15-29-31(3)23(22)16-32/h4-7,10-12,14-15,32H,8-9,13,16H2,1-3H3,(H,26,27). The van der Waals surface area contributed by atoms with Crippen molar-refractivity contribution in [2.45, 2.75) is 13.0 Å². The first-order valence-corrected chi connectivity index (χ1v) is 10.8. The Balaban J connectivity index is 1.53. The lowest BCUT2D eigenvalue weighted by Gasteiger charge is -2.11. The third-order valence-electron chi connectivity index (χ3n) is 5.59. The number of fused-ring (bicyclic) bond motifs is 1. The minimum Gasteiger partial charge on any atom is -0.390 e. The van der Waals surface area contributed by atoms with Crippen molar-refractivity contribution in [2.75, 3.05) is 32.5 Å². The average molecular weight is 445 g/mol. The molecule has 0 atom stereocenters. The second-order valence-electron chi connectivity index (χ2n) is 8.28. The van der Waals surface area contributed by atoms with Crippen LogP contribution in [0.4, 0.5) is 5.82 Å². The van der Waals surface area contributed by atoms with Gasteiger partial charge in [-0.15, -0.1) is 0 Å². The zero-order valence-electron chi connectivity index (χ0n) is 19.1.